The Morgan fingerprint density at radius 2 is 1.67 bits per heavy atom. The number of carbonyl (C=O) groups is 2. The van der Waals surface area contributed by atoms with Crippen LogP contribution in [-0.4, -0.2) is 66.9 Å². The van der Waals surface area contributed by atoms with E-state index in [-0.39, 0.29) is 5.91 Å². The fraction of sp³-hybridized carbons (Fsp3) is 0.556. The molecule has 1 heterocycles. The fourth-order valence-corrected chi connectivity index (χ4v) is 2.90. The van der Waals surface area contributed by atoms with Crippen molar-refractivity contribution in [1.29, 1.82) is 0 Å². The second-order valence-corrected chi connectivity index (χ2v) is 6.52. The number of nitrogens with two attached hydrogens (primary N) is 1. The molecule has 6 nitrogen and oxygen atoms in total. The van der Waals surface area contributed by atoms with Gasteiger partial charge in [-0.05, 0) is 43.6 Å². The molecule has 0 aliphatic carbocycles. The minimum atomic E-state index is -0.465. The minimum absolute atomic E-state index is 0.0295. The largest absolute Gasteiger partial charge is 0.351 e. The molecule has 1 aromatic carbocycles. The van der Waals surface area contributed by atoms with Crippen molar-refractivity contribution in [2.75, 3.05) is 40.3 Å². The topological polar surface area (TPSA) is 69.9 Å². The van der Waals surface area contributed by atoms with Gasteiger partial charge < -0.3 is 20.4 Å². The van der Waals surface area contributed by atoms with Crippen LogP contribution in [0, 0.1) is 0 Å². The third-order valence-electron chi connectivity index (χ3n) is 4.54. The number of likely N-dealkylation sites (N-methyl/N-ethyl adjacent to an activating group) is 1. The first kappa shape index (κ1) is 18.3. The van der Waals surface area contributed by atoms with E-state index in [1.165, 1.54) is 24.2 Å². The van der Waals surface area contributed by atoms with Gasteiger partial charge >= 0.3 is 6.03 Å². The Morgan fingerprint density at radius 3 is 2.25 bits per heavy atom. The Morgan fingerprint density at radius 1 is 1.04 bits per heavy atom. The molecule has 0 aromatic heterocycles. The summed E-state index contributed by atoms with van der Waals surface area (Å²) in [4.78, 5) is 29.2. The molecule has 3 amide bonds. The normalized spacial score (nSPS) is 15.1. The predicted molar refractivity (Wildman–Crippen MR) is 94.7 cm³/mol. The second kappa shape index (κ2) is 8.68. The van der Waals surface area contributed by atoms with E-state index in [1.807, 2.05) is 31.3 Å². The molecule has 1 aliphatic rings. The van der Waals surface area contributed by atoms with Crippen LogP contribution in [-0.2, 0) is 6.54 Å². The summed E-state index contributed by atoms with van der Waals surface area (Å²) in [7, 11) is 3.50. The highest BCUT2D eigenvalue weighted by molar-refractivity contribution is 5.94. The van der Waals surface area contributed by atoms with Crippen molar-refractivity contribution in [3.63, 3.8) is 0 Å². The van der Waals surface area contributed by atoms with Crippen molar-refractivity contribution in [2.45, 2.75) is 25.8 Å². The van der Waals surface area contributed by atoms with E-state index in [9.17, 15) is 9.59 Å². The number of likely N-dealkylation sites (tertiary alicyclic amines) is 1. The quantitative estimate of drug-likeness (QED) is 0.863. The summed E-state index contributed by atoms with van der Waals surface area (Å²) < 4.78 is 0. The van der Waals surface area contributed by atoms with Crippen LogP contribution in [0.15, 0.2) is 24.3 Å². The summed E-state index contributed by atoms with van der Waals surface area (Å²) in [5.41, 5.74) is 6.83. The van der Waals surface area contributed by atoms with Crippen molar-refractivity contribution in [3.05, 3.63) is 35.4 Å². The lowest BCUT2D eigenvalue weighted by Crippen LogP contribution is -2.38. The van der Waals surface area contributed by atoms with Crippen molar-refractivity contribution in [2.24, 2.45) is 5.73 Å². The average molecular weight is 332 g/mol. The Balaban J connectivity index is 1.85. The Kier molecular flexibility index (Phi) is 6.61. The molecule has 0 spiro atoms. The van der Waals surface area contributed by atoms with Crippen LogP contribution in [0.4, 0.5) is 4.79 Å². The van der Waals surface area contributed by atoms with E-state index in [0.717, 1.165) is 31.7 Å². The van der Waals surface area contributed by atoms with Gasteiger partial charge in [0.1, 0.15) is 0 Å². The number of urea groups is 1. The lowest BCUT2D eigenvalue weighted by atomic mass is 10.1. The monoisotopic (exact) mass is 332 g/mol. The molecule has 2 N–H and O–H groups in total. The Bertz CT molecular complexity index is 553. The lowest BCUT2D eigenvalue weighted by molar-refractivity contribution is 0.0773. The summed E-state index contributed by atoms with van der Waals surface area (Å²) in [6.45, 7) is 4.40. The van der Waals surface area contributed by atoms with E-state index in [4.69, 9.17) is 5.73 Å². The van der Waals surface area contributed by atoms with Gasteiger partial charge in [0.2, 0.25) is 0 Å². The van der Waals surface area contributed by atoms with Crippen LogP contribution in [0.2, 0.25) is 0 Å². The number of hydrogen-bond acceptors (Lipinski definition) is 3. The summed E-state index contributed by atoms with van der Waals surface area (Å²) in [5, 5.41) is 0. The highest BCUT2D eigenvalue weighted by atomic mass is 16.2. The summed E-state index contributed by atoms with van der Waals surface area (Å²) >= 11 is 0. The number of amides is 3. The third kappa shape index (κ3) is 5.23. The highest BCUT2D eigenvalue weighted by Crippen LogP contribution is 2.11. The van der Waals surface area contributed by atoms with Gasteiger partial charge in [0.05, 0.1) is 0 Å². The molecule has 0 bridgehead atoms. The molecule has 132 valence electrons. The smallest absolute Gasteiger partial charge is 0.314 e. The maximum atomic E-state index is 12.5. The summed E-state index contributed by atoms with van der Waals surface area (Å²) in [5.74, 6) is 0.0295. The molecule has 2 rings (SSSR count). The zero-order valence-corrected chi connectivity index (χ0v) is 14.7. The van der Waals surface area contributed by atoms with Crippen LogP contribution >= 0.6 is 0 Å². The molecular weight excluding hydrogens is 304 g/mol. The highest BCUT2D eigenvalue weighted by Gasteiger charge is 2.15. The van der Waals surface area contributed by atoms with Gasteiger partial charge in [0, 0.05) is 39.3 Å². The van der Waals surface area contributed by atoms with Crippen LogP contribution in [0.3, 0.4) is 0 Å². The second-order valence-electron chi connectivity index (χ2n) is 6.52. The lowest BCUT2D eigenvalue weighted by Gasteiger charge is -2.28. The van der Waals surface area contributed by atoms with E-state index in [2.05, 4.69) is 4.90 Å². The van der Waals surface area contributed by atoms with E-state index in [1.54, 1.807) is 11.9 Å². The average Bonchev–Trinajstić information content (AvgIpc) is 2.60. The molecule has 1 aromatic rings. The number of rotatable bonds is 6. The predicted octanol–water partition coefficient (Wildman–Crippen LogP) is 1.75. The molecule has 1 aliphatic heterocycles. The molecule has 6 heteroatoms. The van der Waals surface area contributed by atoms with E-state index < -0.39 is 6.03 Å². The van der Waals surface area contributed by atoms with Crippen LogP contribution in [0.5, 0.6) is 0 Å². The standard InChI is InChI=1S/C18H28N4O2/c1-20(12-13-22-10-4-3-5-11-22)17(23)16-8-6-15(7-9-16)14-21(2)18(19)24/h6-9H,3-5,10-14H2,1-2H3,(H2,19,24). The maximum absolute atomic E-state index is 12.5. The number of hydrogen-bond donors (Lipinski definition) is 1. The first-order valence-electron chi connectivity index (χ1n) is 8.54. The zero-order chi connectivity index (χ0) is 17.5. The maximum Gasteiger partial charge on any atom is 0.314 e. The van der Waals surface area contributed by atoms with Crippen molar-refractivity contribution >= 4 is 11.9 Å². The number of piperidine rings is 1. The first-order chi connectivity index (χ1) is 11.5. The summed E-state index contributed by atoms with van der Waals surface area (Å²) in [6.07, 6.45) is 3.85. The van der Waals surface area contributed by atoms with E-state index >= 15 is 0 Å². The molecular formula is C18H28N4O2. The molecule has 0 atom stereocenters. The van der Waals surface area contributed by atoms with Gasteiger partial charge in [-0.3, -0.25) is 4.79 Å². The molecule has 24 heavy (non-hydrogen) atoms. The summed E-state index contributed by atoms with van der Waals surface area (Å²) in [6, 6.07) is 6.89. The SMILES string of the molecule is CN(Cc1ccc(C(=O)N(C)CCN2CCCCC2)cc1)C(N)=O. The molecule has 0 radical (unpaired) electrons. The van der Waals surface area contributed by atoms with Crippen molar-refractivity contribution < 1.29 is 9.59 Å². The van der Waals surface area contributed by atoms with Crippen LogP contribution in [0.1, 0.15) is 35.2 Å². The first-order valence-corrected chi connectivity index (χ1v) is 8.54. The Labute approximate surface area is 144 Å². The minimum Gasteiger partial charge on any atom is -0.351 e. The van der Waals surface area contributed by atoms with Gasteiger partial charge in [-0.25, -0.2) is 4.79 Å². The number of primary amides is 1. The van der Waals surface area contributed by atoms with Crippen molar-refractivity contribution in [3.8, 4) is 0 Å². The van der Waals surface area contributed by atoms with Gasteiger partial charge in [0.25, 0.3) is 5.91 Å². The molecule has 1 fully saturated rings. The van der Waals surface area contributed by atoms with Crippen LogP contribution < -0.4 is 5.73 Å². The van der Waals surface area contributed by atoms with E-state index in [0.29, 0.717) is 12.1 Å². The van der Waals surface area contributed by atoms with Crippen LogP contribution in [0.25, 0.3) is 0 Å². The Hall–Kier alpha value is -2.08. The van der Waals surface area contributed by atoms with Gasteiger partial charge in [-0.2, -0.15) is 0 Å². The van der Waals surface area contributed by atoms with Crippen molar-refractivity contribution in [1.82, 2.24) is 14.7 Å². The third-order valence-corrected chi connectivity index (χ3v) is 4.54. The van der Waals surface area contributed by atoms with Gasteiger partial charge in [0.15, 0.2) is 0 Å². The number of nitrogens with zero attached hydrogens (tertiary/aromatic N) is 3. The number of carbonyl (C=O) groups excluding carboxylic acids is 2. The zero-order valence-electron chi connectivity index (χ0n) is 14.7. The van der Waals surface area contributed by atoms with Gasteiger partial charge in [-0.15, -0.1) is 0 Å². The number of benzene rings is 1. The van der Waals surface area contributed by atoms with Gasteiger partial charge in [-0.1, -0.05) is 18.6 Å². The molecule has 0 unspecified atom stereocenters. The fourth-order valence-electron chi connectivity index (χ4n) is 2.90. The molecule has 0 saturated carbocycles. The molecule has 1 saturated heterocycles.